The Bertz CT molecular complexity index is 289. The predicted octanol–water partition coefficient (Wildman–Crippen LogP) is 2.88. The van der Waals surface area contributed by atoms with Gasteiger partial charge in [0.2, 0.25) is 0 Å². The molecule has 1 N–H and O–H groups in total. The van der Waals surface area contributed by atoms with Gasteiger partial charge in [0.15, 0.2) is 0 Å². The normalized spacial score (nSPS) is 15.8. The van der Waals surface area contributed by atoms with Crippen molar-refractivity contribution in [1.82, 2.24) is 0 Å². The standard InChI is InChI=1S/C11H14FN/c1-8-6-9-4-2-3-5-13-11(9)7-10(8)12/h6-7,13H,2-5H2,1H3. The zero-order valence-electron chi connectivity index (χ0n) is 7.86. The Balaban J connectivity index is 2.43. The molecule has 0 fully saturated rings. The molecule has 1 aliphatic heterocycles. The van der Waals surface area contributed by atoms with E-state index < -0.39 is 0 Å². The van der Waals surface area contributed by atoms with E-state index in [2.05, 4.69) is 5.32 Å². The second-order valence-corrected chi connectivity index (χ2v) is 3.64. The smallest absolute Gasteiger partial charge is 0.128 e. The van der Waals surface area contributed by atoms with Gasteiger partial charge in [0, 0.05) is 12.2 Å². The molecule has 1 aliphatic rings. The zero-order chi connectivity index (χ0) is 9.26. The summed E-state index contributed by atoms with van der Waals surface area (Å²) in [5.41, 5.74) is 3.00. The molecule has 0 radical (unpaired) electrons. The van der Waals surface area contributed by atoms with Crippen LogP contribution in [0.3, 0.4) is 0 Å². The first-order valence-electron chi connectivity index (χ1n) is 4.80. The van der Waals surface area contributed by atoms with Crippen molar-refractivity contribution in [2.45, 2.75) is 26.2 Å². The Morgan fingerprint density at radius 1 is 1.31 bits per heavy atom. The van der Waals surface area contributed by atoms with E-state index in [1.54, 1.807) is 6.07 Å². The number of benzene rings is 1. The van der Waals surface area contributed by atoms with Gasteiger partial charge in [0.05, 0.1) is 0 Å². The van der Waals surface area contributed by atoms with Crippen LogP contribution in [0.1, 0.15) is 24.0 Å². The van der Waals surface area contributed by atoms with E-state index in [4.69, 9.17) is 0 Å². The van der Waals surface area contributed by atoms with Crippen molar-refractivity contribution in [1.29, 1.82) is 0 Å². The molecule has 13 heavy (non-hydrogen) atoms. The Morgan fingerprint density at radius 3 is 3.00 bits per heavy atom. The summed E-state index contributed by atoms with van der Waals surface area (Å²) < 4.78 is 13.2. The Morgan fingerprint density at radius 2 is 2.15 bits per heavy atom. The molecule has 0 spiro atoms. The highest BCUT2D eigenvalue weighted by atomic mass is 19.1. The molecule has 1 nitrogen and oxygen atoms in total. The lowest BCUT2D eigenvalue weighted by atomic mass is 10.0. The van der Waals surface area contributed by atoms with Crippen molar-refractivity contribution in [3.05, 3.63) is 29.1 Å². The summed E-state index contributed by atoms with van der Waals surface area (Å²) in [7, 11) is 0. The number of hydrogen-bond acceptors (Lipinski definition) is 1. The first kappa shape index (κ1) is 8.54. The van der Waals surface area contributed by atoms with E-state index in [-0.39, 0.29) is 5.82 Å². The summed E-state index contributed by atoms with van der Waals surface area (Å²) in [5, 5.41) is 3.25. The van der Waals surface area contributed by atoms with Crippen molar-refractivity contribution in [2.75, 3.05) is 11.9 Å². The molecule has 0 aliphatic carbocycles. The third-order valence-corrected chi connectivity index (χ3v) is 2.57. The van der Waals surface area contributed by atoms with E-state index in [1.807, 2.05) is 13.0 Å². The SMILES string of the molecule is Cc1cc2c(cc1F)NCCCC2. The Labute approximate surface area is 78.0 Å². The fraction of sp³-hybridized carbons (Fsp3) is 0.455. The summed E-state index contributed by atoms with van der Waals surface area (Å²) in [5.74, 6) is -0.104. The van der Waals surface area contributed by atoms with Gasteiger partial charge >= 0.3 is 0 Å². The van der Waals surface area contributed by atoms with Gasteiger partial charge in [0.25, 0.3) is 0 Å². The molecule has 0 bridgehead atoms. The molecular weight excluding hydrogens is 165 g/mol. The van der Waals surface area contributed by atoms with Gasteiger partial charge in [0.1, 0.15) is 5.82 Å². The minimum Gasteiger partial charge on any atom is -0.385 e. The van der Waals surface area contributed by atoms with Crippen LogP contribution in [0.25, 0.3) is 0 Å². The van der Waals surface area contributed by atoms with Crippen molar-refractivity contribution in [3.8, 4) is 0 Å². The van der Waals surface area contributed by atoms with Crippen molar-refractivity contribution in [3.63, 3.8) is 0 Å². The van der Waals surface area contributed by atoms with Crippen LogP contribution in [0, 0.1) is 12.7 Å². The molecule has 1 heterocycles. The summed E-state index contributed by atoms with van der Waals surface area (Å²) in [6.45, 7) is 2.79. The number of anilines is 1. The minimum absolute atomic E-state index is 0.104. The Kier molecular flexibility index (Phi) is 2.21. The van der Waals surface area contributed by atoms with Crippen LogP contribution >= 0.6 is 0 Å². The lowest BCUT2D eigenvalue weighted by Gasteiger charge is -2.08. The third-order valence-electron chi connectivity index (χ3n) is 2.57. The molecule has 1 aromatic carbocycles. The highest BCUT2D eigenvalue weighted by Crippen LogP contribution is 2.24. The fourth-order valence-electron chi connectivity index (χ4n) is 1.78. The van der Waals surface area contributed by atoms with Crippen LogP contribution < -0.4 is 5.32 Å². The second kappa shape index (κ2) is 3.36. The van der Waals surface area contributed by atoms with Crippen LogP contribution in [0.4, 0.5) is 10.1 Å². The molecule has 0 saturated heterocycles. The quantitative estimate of drug-likeness (QED) is 0.645. The highest BCUT2D eigenvalue weighted by molar-refractivity contribution is 5.53. The van der Waals surface area contributed by atoms with E-state index in [0.717, 1.165) is 24.2 Å². The largest absolute Gasteiger partial charge is 0.385 e. The lowest BCUT2D eigenvalue weighted by molar-refractivity contribution is 0.618. The van der Waals surface area contributed by atoms with Gasteiger partial charge in [-0.25, -0.2) is 4.39 Å². The number of fused-ring (bicyclic) bond motifs is 1. The maximum atomic E-state index is 13.2. The molecular formula is C11H14FN. The van der Waals surface area contributed by atoms with Gasteiger partial charge in [-0.15, -0.1) is 0 Å². The monoisotopic (exact) mass is 179 g/mol. The van der Waals surface area contributed by atoms with Crippen molar-refractivity contribution >= 4 is 5.69 Å². The summed E-state index contributed by atoms with van der Waals surface area (Å²) in [4.78, 5) is 0. The van der Waals surface area contributed by atoms with Crippen molar-refractivity contribution in [2.24, 2.45) is 0 Å². The van der Waals surface area contributed by atoms with Crippen molar-refractivity contribution < 1.29 is 4.39 Å². The van der Waals surface area contributed by atoms with Crippen LogP contribution in [0.2, 0.25) is 0 Å². The summed E-state index contributed by atoms with van der Waals surface area (Å²) in [6, 6.07) is 3.58. The lowest BCUT2D eigenvalue weighted by Crippen LogP contribution is -2.00. The molecule has 0 unspecified atom stereocenters. The molecule has 2 heteroatoms. The molecule has 0 saturated carbocycles. The fourth-order valence-corrected chi connectivity index (χ4v) is 1.78. The zero-order valence-corrected chi connectivity index (χ0v) is 7.86. The van der Waals surface area contributed by atoms with Gasteiger partial charge in [-0.3, -0.25) is 0 Å². The summed E-state index contributed by atoms with van der Waals surface area (Å²) in [6.07, 6.45) is 3.45. The summed E-state index contributed by atoms with van der Waals surface area (Å²) >= 11 is 0. The number of aryl methyl sites for hydroxylation is 2. The number of hydrogen-bond donors (Lipinski definition) is 1. The van der Waals surface area contributed by atoms with E-state index in [1.165, 1.54) is 18.4 Å². The molecule has 1 aromatic rings. The molecule has 0 atom stereocenters. The first-order valence-corrected chi connectivity index (χ1v) is 4.80. The van der Waals surface area contributed by atoms with E-state index >= 15 is 0 Å². The van der Waals surface area contributed by atoms with Crippen LogP contribution in [0.15, 0.2) is 12.1 Å². The molecule has 2 rings (SSSR count). The number of halogens is 1. The minimum atomic E-state index is -0.104. The average Bonchev–Trinajstić information content (AvgIpc) is 2.31. The topological polar surface area (TPSA) is 12.0 Å². The van der Waals surface area contributed by atoms with Gasteiger partial charge < -0.3 is 5.32 Å². The maximum Gasteiger partial charge on any atom is 0.128 e. The highest BCUT2D eigenvalue weighted by Gasteiger charge is 2.09. The molecule has 0 aromatic heterocycles. The van der Waals surface area contributed by atoms with Crippen LogP contribution in [-0.2, 0) is 6.42 Å². The first-order chi connectivity index (χ1) is 6.27. The van der Waals surface area contributed by atoms with Gasteiger partial charge in [-0.05, 0) is 43.4 Å². The van der Waals surface area contributed by atoms with E-state index in [9.17, 15) is 4.39 Å². The molecule has 70 valence electrons. The number of rotatable bonds is 0. The van der Waals surface area contributed by atoms with Crippen LogP contribution in [0.5, 0.6) is 0 Å². The second-order valence-electron chi connectivity index (χ2n) is 3.64. The van der Waals surface area contributed by atoms with Gasteiger partial charge in [-0.2, -0.15) is 0 Å². The average molecular weight is 179 g/mol. The Hall–Kier alpha value is -1.05. The van der Waals surface area contributed by atoms with Crippen LogP contribution in [-0.4, -0.2) is 6.54 Å². The van der Waals surface area contributed by atoms with Gasteiger partial charge in [-0.1, -0.05) is 6.07 Å². The van der Waals surface area contributed by atoms with E-state index in [0.29, 0.717) is 0 Å². The number of nitrogens with one attached hydrogen (secondary N) is 1. The predicted molar refractivity (Wildman–Crippen MR) is 52.6 cm³/mol. The third kappa shape index (κ3) is 1.67. The maximum absolute atomic E-state index is 13.2. The molecule has 0 amide bonds.